The average molecular weight is 266 g/mol. The molecule has 1 aliphatic heterocycles. The zero-order valence-electron chi connectivity index (χ0n) is 11.8. The lowest BCUT2D eigenvalue weighted by atomic mass is 9.98. The summed E-state index contributed by atoms with van der Waals surface area (Å²) in [6, 6.07) is 1.53. The molecule has 0 unspecified atom stereocenters. The summed E-state index contributed by atoms with van der Waals surface area (Å²) in [4.78, 5) is 25.6. The molecular weight excluding hydrogens is 244 g/mol. The van der Waals surface area contributed by atoms with E-state index in [0.717, 1.165) is 37.0 Å². The van der Waals surface area contributed by atoms with Crippen LogP contribution < -0.4 is 21.5 Å². The van der Waals surface area contributed by atoms with Crippen LogP contribution in [0.25, 0.3) is 0 Å². The first kappa shape index (κ1) is 13.9. The van der Waals surface area contributed by atoms with E-state index in [-0.39, 0.29) is 11.2 Å². The van der Waals surface area contributed by atoms with Gasteiger partial charge >= 0.3 is 5.69 Å². The predicted molar refractivity (Wildman–Crippen MR) is 75.8 cm³/mol. The van der Waals surface area contributed by atoms with E-state index in [1.54, 1.807) is 7.05 Å². The number of nitrogens with one attached hydrogen (secondary N) is 1. The smallest absolute Gasteiger partial charge is 0.332 e. The lowest BCUT2D eigenvalue weighted by Gasteiger charge is -2.29. The van der Waals surface area contributed by atoms with Gasteiger partial charge in [0.05, 0.1) is 0 Å². The van der Waals surface area contributed by atoms with Gasteiger partial charge in [-0.25, -0.2) is 4.79 Å². The molecule has 0 radical (unpaired) electrons. The summed E-state index contributed by atoms with van der Waals surface area (Å²) in [5.74, 6) is 1.30. The van der Waals surface area contributed by atoms with Crippen LogP contribution in [0.4, 0.5) is 5.82 Å². The summed E-state index contributed by atoms with van der Waals surface area (Å²) in [5.41, 5.74) is -0.532. The maximum Gasteiger partial charge on any atom is 0.332 e. The van der Waals surface area contributed by atoms with Gasteiger partial charge in [0, 0.05) is 33.8 Å². The predicted octanol–water partition coefficient (Wildman–Crippen LogP) is -0.480. The minimum atomic E-state index is -0.278. The van der Waals surface area contributed by atoms with Crippen LogP contribution in [0.2, 0.25) is 0 Å². The molecule has 2 rings (SSSR count). The molecule has 1 aromatic heterocycles. The molecule has 19 heavy (non-hydrogen) atoms. The van der Waals surface area contributed by atoms with Crippen molar-refractivity contribution in [1.29, 1.82) is 0 Å². The van der Waals surface area contributed by atoms with E-state index in [1.807, 2.05) is 11.9 Å². The second-order valence-electron chi connectivity index (χ2n) is 5.32. The molecule has 2 heterocycles. The van der Waals surface area contributed by atoms with Crippen molar-refractivity contribution < 1.29 is 0 Å². The number of nitrogens with zero attached hydrogens (tertiary/aromatic N) is 3. The van der Waals surface area contributed by atoms with Crippen molar-refractivity contribution >= 4 is 5.82 Å². The van der Waals surface area contributed by atoms with Crippen molar-refractivity contribution in [2.45, 2.75) is 12.8 Å². The third-order valence-electron chi connectivity index (χ3n) is 3.88. The Morgan fingerprint density at radius 3 is 2.53 bits per heavy atom. The first-order valence-electron chi connectivity index (χ1n) is 6.69. The van der Waals surface area contributed by atoms with Crippen LogP contribution >= 0.6 is 0 Å². The van der Waals surface area contributed by atoms with Crippen LogP contribution in [0, 0.1) is 5.92 Å². The Labute approximate surface area is 112 Å². The van der Waals surface area contributed by atoms with Crippen LogP contribution in [0.15, 0.2) is 15.7 Å². The summed E-state index contributed by atoms with van der Waals surface area (Å²) < 4.78 is 2.66. The fourth-order valence-electron chi connectivity index (χ4n) is 2.63. The lowest BCUT2D eigenvalue weighted by Crippen LogP contribution is -2.41. The van der Waals surface area contributed by atoms with Crippen molar-refractivity contribution in [3.8, 4) is 0 Å². The molecular formula is C13H22N4O2. The molecule has 1 aliphatic rings. The summed E-state index contributed by atoms with van der Waals surface area (Å²) in [5, 5.41) is 3.34. The summed E-state index contributed by atoms with van der Waals surface area (Å²) >= 11 is 0. The van der Waals surface area contributed by atoms with Crippen molar-refractivity contribution in [2.75, 3.05) is 31.6 Å². The minimum absolute atomic E-state index is 0.254. The highest BCUT2D eigenvalue weighted by molar-refractivity contribution is 5.37. The molecule has 0 spiro atoms. The van der Waals surface area contributed by atoms with E-state index >= 15 is 0 Å². The van der Waals surface area contributed by atoms with Crippen LogP contribution in [0.3, 0.4) is 0 Å². The van der Waals surface area contributed by atoms with Crippen molar-refractivity contribution in [3.05, 3.63) is 26.9 Å². The topological polar surface area (TPSA) is 59.3 Å². The molecule has 0 atom stereocenters. The standard InChI is InChI=1S/C13H22N4O2/c1-15(9-10-4-6-14-7-5-10)11-8-12(18)17(3)13(19)16(11)2/h8,10,14H,4-7,9H2,1-3H3. The van der Waals surface area contributed by atoms with Crippen LogP contribution in [0.5, 0.6) is 0 Å². The molecule has 1 aromatic rings. The summed E-state index contributed by atoms with van der Waals surface area (Å²) in [7, 11) is 5.15. The second-order valence-corrected chi connectivity index (χ2v) is 5.32. The van der Waals surface area contributed by atoms with E-state index < -0.39 is 0 Å². The molecule has 0 aliphatic carbocycles. The maximum absolute atomic E-state index is 11.9. The third kappa shape index (κ3) is 2.89. The highest BCUT2D eigenvalue weighted by Crippen LogP contribution is 2.16. The first-order valence-corrected chi connectivity index (χ1v) is 6.69. The van der Waals surface area contributed by atoms with Crippen LogP contribution in [-0.2, 0) is 14.1 Å². The Balaban J connectivity index is 2.21. The van der Waals surface area contributed by atoms with E-state index in [1.165, 1.54) is 17.7 Å². The molecule has 0 saturated carbocycles. The van der Waals surface area contributed by atoms with Gasteiger partial charge in [0.15, 0.2) is 0 Å². The fourth-order valence-corrected chi connectivity index (χ4v) is 2.63. The molecule has 6 heteroatoms. The van der Waals surface area contributed by atoms with Crippen LogP contribution in [0.1, 0.15) is 12.8 Å². The van der Waals surface area contributed by atoms with Gasteiger partial charge in [-0.1, -0.05) is 0 Å². The lowest BCUT2D eigenvalue weighted by molar-refractivity contribution is 0.376. The van der Waals surface area contributed by atoms with E-state index in [2.05, 4.69) is 5.32 Å². The largest absolute Gasteiger partial charge is 0.361 e. The number of piperidine rings is 1. The van der Waals surface area contributed by atoms with Gasteiger partial charge in [-0.15, -0.1) is 0 Å². The number of hydrogen-bond acceptors (Lipinski definition) is 4. The highest BCUT2D eigenvalue weighted by Gasteiger charge is 2.17. The second kappa shape index (κ2) is 5.61. The number of aromatic nitrogens is 2. The molecule has 106 valence electrons. The summed E-state index contributed by atoms with van der Waals surface area (Å²) in [6.07, 6.45) is 2.28. The fraction of sp³-hybridized carbons (Fsp3) is 0.692. The zero-order valence-corrected chi connectivity index (χ0v) is 11.8. The quantitative estimate of drug-likeness (QED) is 0.803. The van der Waals surface area contributed by atoms with E-state index in [9.17, 15) is 9.59 Å². The molecule has 6 nitrogen and oxygen atoms in total. The Bertz CT molecular complexity index is 555. The van der Waals surface area contributed by atoms with Gasteiger partial charge in [0.25, 0.3) is 5.56 Å². The van der Waals surface area contributed by atoms with Gasteiger partial charge in [-0.05, 0) is 31.8 Å². The molecule has 1 fully saturated rings. The third-order valence-corrected chi connectivity index (χ3v) is 3.88. The van der Waals surface area contributed by atoms with Gasteiger partial charge in [0.1, 0.15) is 5.82 Å². The SMILES string of the molecule is CN(CC1CCNCC1)c1cc(=O)n(C)c(=O)n1C. The van der Waals surface area contributed by atoms with Crippen LogP contribution in [-0.4, -0.2) is 35.8 Å². The Morgan fingerprint density at radius 1 is 1.26 bits per heavy atom. The van der Waals surface area contributed by atoms with Gasteiger partial charge in [0.2, 0.25) is 0 Å². The monoisotopic (exact) mass is 266 g/mol. The zero-order chi connectivity index (χ0) is 14.0. The van der Waals surface area contributed by atoms with Crippen molar-refractivity contribution in [1.82, 2.24) is 14.5 Å². The number of rotatable bonds is 3. The number of hydrogen-bond donors (Lipinski definition) is 1. The highest BCUT2D eigenvalue weighted by atomic mass is 16.2. The average Bonchev–Trinajstić information content (AvgIpc) is 2.41. The number of anilines is 1. The van der Waals surface area contributed by atoms with Crippen molar-refractivity contribution in [2.24, 2.45) is 20.0 Å². The molecule has 0 bridgehead atoms. The summed E-state index contributed by atoms with van der Waals surface area (Å²) in [6.45, 7) is 2.98. The Hall–Kier alpha value is -1.56. The molecule has 1 saturated heterocycles. The van der Waals surface area contributed by atoms with Gasteiger partial charge in [-0.3, -0.25) is 13.9 Å². The van der Waals surface area contributed by atoms with Gasteiger partial charge < -0.3 is 10.2 Å². The normalized spacial score (nSPS) is 16.6. The van der Waals surface area contributed by atoms with Gasteiger partial charge in [-0.2, -0.15) is 0 Å². The first-order chi connectivity index (χ1) is 9.00. The maximum atomic E-state index is 11.9. The molecule has 1 N–H and O–H groups in total. The molecule has 0 amide bonds. The van der Waals surface area contributed by atoms with E-state index in [0.29, 0.717) is 11.7 Å². The Kier molecular flexibility index (Phi) is 4.09. The van der Waals surface area contributed by atoms with E-state index in [4.69, 9.17) is 0 Å². The van der Waals surface area contributed by atoms with Crippen molar-refractivity contribution in [3.63, 3.8) is 0 Å². The Morgan fingerprint density at radius 2 is 1.89 bits per heavy atom. The molecule has 0 aromatic carbocycles. The minimum Gasteiger partial charge on any atom is -0.361 e.